The quantitative estimate of drug-likeness (QED) is 0.802. The van der Waals surface area contributed by atoms with Crippen LogP contribution < -0.4 is 9.47 Å². The van der Waals surface area contributed by atoms with Crippen LogP contribution in [-0.4, -0.2) is 25.0 Å². The van der Waals surface area contributed by atoms with Crippen molar-refractivity contribution in [1.29, 1.82) is 5.41 Å². The molecule has 0 aliphatic rings. The number of hydrogen-bond donors (Lipinski definition) is 2. The van der Waals surface area contributed by atoms with Crippen molar-refractivity contribution in [2.75, 3.05) is 14.2 Å². The Morgan fingerprint density at radius 1 is 1.09 bits per heavy atom. The van der Waals surface area contributed by atoms with Crippen molar-refractivity contribution in [1.82, 2.24) is 0 Å². The Kier molecular flexibility index (Phi) is 4.99. The van der Waals surface area contributed by atoms with Crippen LogP contribution >= 0.6 is 0 Å². The van der Waals surface area contributed by atoms with Crippen molar-refractivity contribution in [3.05, 3.63) is 53.3 Å². The Bertz CT molecular complexity index is 686. The summed E-state index contributed by atoms with van der Waals surface area (Å²) < 4.78 is 23.6. The number of nitrogens with one attached hydrogen (secondary N) is 1. The molecule has 0 radical (unpaired) electrons. The molecule has 0 saturated carbocycles. The van der Waals surface area contributed by atoms with Crippen LogP contribution in [0.2, 0.25) is 0 Å². The molecule has 4 nitrogen and oxygen atoms in total. The molecule has 0 aliphatic carbocycles. The first kappa shape index (κ1) is 15.8. The minimum atomic E-state index is -0.398. The van der Waals surface area contributed by atoms with E-state index >= 15 is 0 Å². The van der Waals surface area contributed by atoms with E-state index in [-0.39, 0.29) is 5.75 Å². The summed E-state index contributed by atoms with van der Waals surface area (Å²) in [6.45, 7) is 0. The largest absolute Gasteiger partial charge is 0.508 e. The highest BCUT2D eigenvalue weighted by Crippen LogP contribution is 2.28. The lowest BCUT2D eigenvalue weighted by Crippen LogP contribution is -2.03. The monoisotopic (exact) mass is 303 g/mol. The van der Waals surface area contributed by atoms with E-state index in [0.717, 1.165) is 0 Å². The van der Waals surface area contributed by atoms with Gasteiger partial charge in [-0.2, -0.15) is 0 Å². The van der Waals surface area contributed by atoms with Crippen LogP contribution in [0.1, 0.15) is 17.5 Å². The zero-order valence-corrected chi connectivity index (χ0v) is 12.5. The standard InChI is InChI=1S/C17H18FNO3/c1-21-16-8-4-11(10-17(16)22-2)14(19)6-3-12-9-13(18)5-7-15(12)20/h4-5,7-10,19-20H,3,6H2,1-2H3. The van der Waals surface area contributed by atoms with Crippen LogP contribution in [0.5, 0.6) is 17.2 Å². The average Bonchev–Trinajstić information content (AvgIpc) is 2.54. The number of aromatic hydroxyl groups is 1. The summed E-state index contributed by atoms with van der Waals surface area (Å²) in [5, 5.41) is 17.8. The van der Waals surface area contributed by atoms with Crippen molar-refractivity contribution in [3.63, 3.8) is 0 Å². The number of rotatable bonds is 6. The Morgan fingerprint density at radius 2 is 1.82 bits per heavy atom. The Morgan fingerprint density at radius 3 is 2.50 bits per heavy atom. The molecular formula is C17H18FNO3. The van der Waals surface area contributed by atoms with Crippen LogP contribution in [0.15, 0.2) is 36.4 Å². The highest BCUT2D eigenvalue weighted by molar-refractivity contribution is 5.98. The lowest BCUT2D eigenvalue weighted by molar-refractivity contribution is 0.355. The van der Waals surface area contributed by atoms with E-state index in [2.05, 4.69) is 0 Å². The molecule has 116 valence electrons. The van der Waals surface area contributed by atoms with Gasteiger partial charge in [-0.3, -0.25) is 0 Å². The predicted molar refractivity (Wildman–Crippen MR) is 82.8 cm³/mol. The normalized spacial score (nSPS) is 10.3. The third-order valence-corrected chi connectivity index (χ3v) is 3.42. The van der Waals surface area contributed by atoms with Crippen molar-refractivity contribution in [2.45, 2.75) is 12.8 Å². The van der Waals surface area contributed by atoms with Crippen LogP contribution in [-0.2, 0) is 6.42 Å². The van der Waals surface area contributed by atoms with Crippen molar-refractivity contribution in [3.8, 4) is 17.2 Å². The fourth-order valence-electron chi connectivity index (χ4n) is 2.18. The lowest BCUT2D eigenvalue weighted by atomic mass is 10.0. The first-order valence-corrected chi connectivity index (χ1v) is 6.82. The number of phenolic OH excluding ortho intramolecular Hbond substituents is 1. The van der Waals surface area contributed by atoms with E-state index in [0.29, 0.717) is 41.2 Å². The second-order valence-electron chi connectivity index (χ2n) is 4.82. The molecule has 0 aromatic heterocycles. The number of hydrogen-bond acceptors (Lipinski definition) is 4. The molecule has 2 N–H and O–H groups in total. The summed E-state index contributed by atoms with van der Waals surface area (Å²) in [4.78, 5) is 0. The van der Waals surface area contributed by atoms with E-state index in [1.807, 2.05) is 0 Å². The van der Waals surface area contributed by atoms with Crippen LogP contribution in [0.25, 0.3) is 0 Å². The second-order valence-corrected chi connectivity index (χ2v) is 4.82. The molecular weight excluding hydrogens is 285 g/mol. The molecule has 0 saturated heterocycles. The van der Waals surface area contributed by atoms with Crippen LogP contribution in [0.3, 0.4) is 0 Å². The number of ether oxygens (including phenoxy) is 2. The Labute approximate surface area is 128 Å². The highest BCUT2D eigenvalue weighted by atomic mass is 19.1. The number of halogens is 1. The summed E-state index contributed by atoms with van der Waals surface area (Å²) >= 11 is 0. The minimum absolute atomic E-state index is 0.0431. The molecule has 22 heavy (non-hydrogen) atoms. The van der Waals surface area contributed by atoms with E-state index in [4.69, 9.17) is 14.9 Å². The van der Waals surface area contributed by atoms with Gasteiger partial charge in [0.2, 0.25) is 0 Å². The number of benzene rings is 2. The molecule has 2 aromatic carbocycles. The number of phenols is 1. The maximum Gasteiger partial charge on any atom is 0.161 e. The minimum Gasteiger partial charge on any atom is -0.508 e. The average molecular weight is 303 g/mol. The van der Waals surface area contributed by atoms with Gasteiger partial charge in [-0.25, -0.2) is 4.39 Å². The first-order chi connectivity index (χ1) is 10.5. The summed E-state index contributed by atoms with van der Waals surface area (Å²) in [5.41, 5.74) is 1.57. The lowest BCUT2D eigenvalue weighted by Gasteiger charge is -2.11. The molecule has 5 heteroatoms. The molecule has 0 atom stereocenters. The number of methoxy groups -OCH3 is 2. The zero-order valence-electron chi connectivity index (χ0n) is 12.5. The Balaban J connectivity index is 2.11. The molecule has 2 rings (SSSR count). The molecule has 0 aliphatic heterocycles. The highest BCUT2D eigenvalue weighted by Gasteiger charge is 2.10. The fourth-order valence-corrected chi connectivity index (χ4v) is 2.18. The summed E-state index contributed by atoms with van der Waals surface area (Å²) in [6.07, 6.45) is 0.767. The van der Waals surface area contributed by atoms with Gasteiger partial charge in [-0.15, -0.1) is 0 Å². The molecule has 0 heterocycles. The maximum atomic E-state index is 13.2. The predicted octanol–water partition coefficient (Wildman–Crippen LogP) is 3.55. The maximum absolute atomic E-state index is 13.2. The van der Waals surface area contributed by atoms with E-state index < -0.39 is 5.82 Å². The molecule has 2 aromatic rings. The van der Waals surface area contributed by atoms with Crippen molar-refractivity contribution < 1.29 is 19.0 Å². The topological polar surface area (TPSA) is 62.5 Å². The molecule has 0 amide bonds. The molecule has 0 unspecified atom stereocenters. The summed E-state index contributed by atoms with van der Waals surface area (Å²) in [7, 11) is 3.09. The summed E-state index contributed by atoms with van der Waals surface area (Å²) in [6, 6.07) is 9.06. The molecule has 0 fully saturated rings. The summed E-state index contributed by atoms with van der Waals surface area (Å²) in [5.74, 6) is 0.798. The van der Waals surface area contributed by atoms with E-state index in [9.17, 15) is 9.50 Å². The number of aryl methyl sites for hydroxylation is 1. The van der Waals surface area contributed by atoms with Gasteiger partial charge in [0, 0.05) is 5.71 Å². The van der Waals surface area contributed by atoms with Crippen LogP contribution in [0, 0.1) is 11.2 Å². The van der Waals surface area contributed by atoms with E-state index in [1.54, 1.807) is 25.3 Å². The zero-order chi connectivity index (χ0) is 16.1. The second kappa shape index (κ2) is 6.93. The smallest absolute Gasteiger partial charge is 0.161 e. The van der Waals surface area contributed by atoms with E-state index in [1.165, 1.54) is 25.3 Å². The van der Waals surface area contributed by atoms with Gasteiger partial charge in [-0.1, -0.05) is 0 Å². The van der Waals surface area contributed by atoms with Crippen molar-refractivity contribution in [2.24, 2.45) is 0 Å². The van der Waals surface area contributed by atoms with Gasteiger partial charge < -0.3 is 20.0 Å². The fraction of sp³-hybridized carbons (Fsp3) is 0.235. The third kappa shape index (κ3) is 3.55. The van der Waals surface area contributed by atoms with Gasteiger partial charge in [0.05, 0.1) is 14.2 Å². The van der Waals surface area contributed by atoms with Crippen molar-refractivity contribution >= 4 is 5.71 Å². The molecule has 0 spiro atoms. The van der Waals surface area contributed by atoms with Gasteiger partial charge in [0.1, 0.15) is 11.6 Å². The van der Waals surface area contributed by atoms with Gasteiger partial charge in [0.15, 0.2) is 11.5 Å². The molecule has 0 bridgehead atoms. The van der Waals surface area contributed by atoms with Gasteiger partial charge >= 0.3 is 0 Å². The first-order valence-electron chi connectivity index (χ1n) is 6.82. The third-order valence-electron chi connectivity index (χ3n) is 3.42. The Hall–Kier alpha value is -2.56. The van der Waals surface area contributed by atoms with Gasteiger partial charge in [-0.05, 0) is 60.4 Å². The SMILES string of the molecule is COc1ccc(C(=N)CCc2cc(F)ccc2O)cc1OC. The van der Waals surface area contributed by atoms with Crippen LogP contribution in [0.4, 0.5) is 4.39 Å². The van der Waals surface area contributed by atoms with Gasteiger partial charge in [0.25, 0.3) is 0 Å².